The lowest BCUT2D eigenvalue weighted by Crippen LogP contribution is -2.16. The number of nitrogens with zero attached hydrogens (tertiary/aromatic N) is 2. The minimum atomic E-state index is 0.311. The summed E-state index contributed by atoms with van der Waals surface area (Å²) in [6.07, 6.45) is 2.96. The molecule has 0 aliphatic rings. The van der Waals surface area contributed by atoms with Crippen LogP contribution in [0.3, 0.4) is 0 Å². The summed E-state index contributed by atoms with van der Waals surface area (Å²) in [6, 6.07) is 15.5. The maximum atomic E-state index is 9.23. The number of phenolic OH excluding ortho intramolecular Hbond substituents is 1. The number of aromatic hydroxyl groups is 1. The molecule has 0 spiro atoms. The molecule has 1 aromatic heterocycles. The number of hydrogen-bond donors (Lipinski definition) is 2. The molecule has 4 nitrogen and oxygen atoms in total. The van der Waals surface area contributed by atoms with Crippen molar-refractivity contribution in [2.75, 3.05) is 6.54 Å². The number of phenols is 1. The molecule has 0 unspecified atom stereocenters. The summed E-state index contributed by atoms with van der Waals surface area (Å²) in [5, 5.41) is 12.6. The number of nitrogens with one attached hydrogen (secondary N) is 1. The van der Waals surface area contributed by atoms with Crippen LogP contribution < -0.4 is 5.32 Å². The van der Waals surface area contributed by atoms with Crippen LogP contribution in [0.5, 0.6) is 5.75 Å². The van der Waals surface area contributed by atoms with Crippen molar-refractivity contribution in [3.05, 3.63) is 60.4 Å². The molecule has 4 heteroatoms. The average molecular weight is 281 g/mol. The van der Waals surface area contributed by atoms with Crippen molar-refractivity contribution in [3.8, 4) is 5.75 Å². The molecule has 0 fully saturated rings. The Morgan fingerprint density at radius 3 is 2.71 bits per heavy atom. The Kier molecular flexibility index (Phi) is 4.17. The number of aromatic nitrogens is 2. The van der Waals surface area contributed by atoms with Crippen molar-refractivity contribution < 1.29 is 5.11 Å². The summed E-state index contributed by atoms with van der Waals surface area (Å²) in [4.78, 5) is 4.39. The SMILES string of the molecule is Oc1ccc(CNCCCn2cnc3ccccc32)cc1. The summed E-state index contributed by atoms with van der Waals surface area (Å²) >= 11 is 0. The molecule has 2 N–H and O–H groups in total. The van der Waals surface area contributed by atoms with Gasteiger partial charge in [0.05, 0.1) is 17.4 Å². The highest BCUT2D eigenvalue weighted by Crippen LogP contribution is 2.12. The molecule has 3 aromatic rings. The summed E-state index contributed by atoms with van der Waals surface area (Å²) in [5.74, 6) is 0.311. The van der Waals surface area contributed by atoms with E-state index < -0.39 is 0 Å². The van der Waals surface area contributed by atoms with Crippen LogP contribution in [-0.4, -0.2) is 21.2 Å². The third kappa shape index (κ3) is 3.41. The van der Waals surface area contributed by atoms with E-state index in [1.807, 2.05) is 36.7 Å². The van der Waals surface area contributed by atoms with Gasteiger partial charge in [-0.1, -0.05) is 24.3 Å². The molecular weight excluding hydrogens is 262 g/mol. The molecule has 0 aliphatic heterocycles. The van der Waals surface area contributed by atoms with E-state index in [-0.39, 0.29) is 0 Å². The van der Waals surface area contributed by atoms with Gasteiger partial charge in [0.2, 0.25) is 0 Å². The molecule has 0 aliphatic carbocycles. The molecule has 2 aromatic carbocycles. The molecule has 108 valence electrons. The van der Waals surface area contributed by atoms with Crippen LogP contribution in [0.1, 0.15) is 12.0 Å². The van der Waals surface area contributed by atoms with Crippen LogP contribution in [-0.2, 0) is 13.1 Å². The second-order valence-corrected chi connectivity index (χ2v) is 5.12. The van der Waals surface area contributed by atoms with Crippen LogP contribution in [0.25, 0.3) is 11.0 Å². The zero-order chi connectivity index (χ0) is 14.5. The van der Waals surface area contributed by atoms with Gasteiger partial charge in [0.1, 0.15) is 5.75 Å². The minimum Gasteiger partial charge on any atom is -0.508 e. The monoisotopic (exact) mass is 281 g/mol. The van der Waals surface area contributed by atoms with Crippen molar-refractivity contribution in [1.82, 2.24) is 14.9 Å². The van der Waals surface area contributed by atoms with Gasteiger partial charge in [-0.3, -0.25) is 0 Å². The lowest BCUT2D eigenvalue weighted by Gasteiger charge is -2.06. The summed E-state index contributed by atoms with van der Waals surface area (Å²) < 4.78 is 2.19. The van der Waals surface area contributed by atoms with Crippen molar-refractivity contribution in [3.63, 3.8) is 0 Å². The number of fused-ring (bicyclic) bond motifs is 1. The third-order valence-corrected chi connectivity index (χ3v) is 3.55. The number of hydrogen-bond acceptors (Lipinski definition) is 3. The van der Waals surface area contributed by atoms with Crippen LogP contribution >= 0.6 is 0 Å². The maximum Gasteiger partial charge on any atom is 0.115 e. The molecular formula is C17H19N3O. The van der Waals surface area contributed by atoms with E-state index in [0.717, 1.165) is 31.6 Å². The molecule has 1 heterocycles. The number of aryl methyl sites for hydroxylation is 1. The van der Waals surface area contributed by atoms with Gasteiger partial charge in [-0.05, 0) is 42.8 Å². The van der Waals surface area contributed by atoms with Gasteiger partial charge >= 0.3 is 0 Å². The second-order valence-electron chi connectivity index (χ2n) is 5.12. The third-order valence-electron chi connectivity index (χ3n) is 3.55. The lowest BCUT2D eigenvalue weighted by molar-refractivity contribution is 0.475. The first-order chi connectivity index (χ1) is 10.3. The first-order valence-electron chi connectivity index (χ1n) is 7.21. The summed E-state index contributed by atoms with van der Waals surface area (Å²) in [6.45, 7) is 2.74. The molecule has 0 radical (unpaired) electrons. The van der Waals surface area contributed by atoms with E-state index >= 15 is 0 Å². The highest BCUT2D eigenvalue weighted by molar-refractivity contribution is 5.74. The zero-order valence-corrected chi connectivity index (χ0v) is 11.9. The Balaban J connectivity index is 1.45. The van der Waals surface area contributed by atoms with Gasteiger partial charge in [0.15, 0.2) is 0 Å². The highest BCUT2D eigenvalue weighted by atomic mass is 16.3. The summed E-state index contributed by atoms with van der Waals surface area (Å²) in [5.41, 5.74) is 3.42. The van der Waals surface area contributed by atoms with E-state index in [2.05, 4.69) is 20.9 Å². The summed E-state index contributed by atoms with van der Waals surface area (Å²) in [7, 11) is 0. The molecule has 3 rings (SSSR count). The number of rotatable bonds is 6. The molecule has 21 heavy (non-hydrogen) atoms. The van der Waals surface area contributed by atoms with Crippen molar-refractivity contribution >= 4 is 11.0 Å². The first kappa shape index (κ1) is 13.6. The Morgan fingerprint density at radius 2 is 1.86 bits per heavy atom. The van der Waals surface area contributed by atoms with Crippen molar-refractivity contribution in [1.29, 1.82) is 0 Å². The maximum absolute atomic E-state index is 9.23. The number of imidazole rings is 1. The highest BCUT2D eigenvalue weighted by Gasteiger charge is 2.00. The van der Waals surface area contributed by atoms with E-state index in [4.69, 9.17) is 0 Å². The Morgan fingerprint density at radius 1 is 1.05 bits per heavy atom. The van der Waals surface area contributed by atoms with E-state index in [1.54, 1.807) is 12.1 Å². The fourth-order valence-corrected chi connectivity index (χ4v) is 2.41. The largest absolute Gasteiger partial charge is 0.508 e. The molecule has 0 saturated heterocycles. The quantitative estimate of drug-likeness (QED) is 0.683. The predicted octanol–water partition coefficient (Wildman–Crippen LogP) is 2.92. The molecule has 0 saturated carbocycles. The number of para-hydroxylation sites is 2. The smallest absolute Gasteiger partial charge is 0.115 e. The Hall–Kier alpha value is -2.33. The topological polar surface area (TPSA) is 50.1 Å². The van der Waals surface area contributed by atoms with E-state index in [0.29, 0.717) is 5.75 Å². The number of benzene rings is 2. The van der Waals surface area contributed by atoms with Gasteiger partial charge in [-0.25, -0.2) is 4.98 Å². The average Bonchev–Trinajstić information content (AvgIpc) is 2.92. The fraction of sp³-hybridized carbons (Fsp3) is 0.235. The Bertz CT molecular complexity index is 703. The van der Waals surface area contributed by atoms with Crippen LogP contribution in [0, 0.1) is 0 Å². The first-order valence-corrected chi connectivity index (χ1v) is 7.21. The normalized spacial score (nSPS) is 11.0. The minimum absolute atomic E-state index is 0.311. The van der Waals surface area contributed by atoms with Gasteiger partial charge in [-0.2, -0.15) is 0 Å². The van der Waals surface area contributed by atoms with Crippen molar-refractivity contribution in [2.45, 2.75) is 19.5 Å². The fourth-order valence-electron chi connectivity index (χ4n) is 2.41. The van der Waals surface area contributed by atoms with Gasteiger partial charge < -0.3 is 15.0 Å². The zero-order valence-electron chi connectivity index (χ0n) is 11.9. The van der Waals surface area contributed by atoms with Gasteiger partial charge in [-0.15, -0.1) is 0 Å². The van der Waals surface area contributed by atoms with E-state index in [9.17, 15) is 5.11 Å². The van der Waals surface area contributed by atoms with Crippen LogP contribution in [0.2, 0.25) is 0 Å². The second kappa shape index (κ2) is 6.41. The Labute approximate surface area is 124 Å². The van der Waals surface area contributed by atoms with E-state index in [1.165, 1.54) is 11.1 Å². The predicted molar refractivity (Wildman–Crippen MR) is 84.2 cm³/mol. The van der Waals surface area contributed by atoms with Crippen LogP contribution in [0.4, 0.5) is 0 Å². The van der Waals surface area contributed by atoms with Crippen LogP contribution in [0.15, 0.2) is 54.9 Å². The van der Waals surface area contributed by atoms with Gasteiger partial charge in [0, 0.05) is 13.1 Å². The standard InChI is InChI=1S/C17H19N3O/c21-15-8-6-14(7-9-15)12-18-10-3-11-20-13-19-16-4-1-2-5-17(16)20/h1-2,4-9,13,18,21H,3,10-12H2. The molecule has 0 amide bonds. The molecule has 0 atom stereocenters. The lowest BCUT2D eigenvalue weighted by atomic mass is 10.2. The van der Waals surface area contributed by atoms with Gasteiger partial charge in [0.25, 0.3) is 0 Å². The molecule has 0 bridgehead atoms. The van der Waals surface area contributed by atoms with Crippen molar-refractivity contribution in [2.24, 2.45) is 0 Å².